The molecule has 0 bridgehead atoms. The maximum atomic E-state index is 12.3. The molecule has 0 atom stereocenters. The first-order chi connectivity index (χ1) is 12.4. The van der Waals surface area contributed by atoms with Gasteiger partial charge in [0.25, 0.3) is 11.6 Å². The van der Waals surface area contributed by atoms with Gasteiger partial charge >= 0.3 is 5.69 Å². The van der Waals surface area contributed by atoms with Crippen LogP contribution >= 0.6 is 0 Å². The van der Waals surface area contributed by atoms with Crippen molar-refractivity contribution in [1.82, 2.24) is 18.7 Å². The Kier molecular flexibility index (Phi) is 4.49. The zero-order valence-electron chi connectivity index (χ0n) is 14.6. The van der Waals surface area contributed by atoms with Crippen molar-refractivity contribution in [2.45, 2.75) is 0 Å². The van der Waals surface area contributed by atoms with Gasteiger partial charge in [0.15, 0.2) is 11.2 Å². The largest absolute Gasteiger partial charge is 0.490 e. The van der Waals surface area contributed by atoms with Gasteiger partial charge in [0.2, 0.25) is 0 Å². The number of nitrogens with zero attached hydrogens (tertiary/aromatic N) is 5. The molecule has 26 heavy (non-hydrogen) atoms. The van der Waals surface area contributed by atoms with Gasteiger partial charge in [-0.3, -0.25) is 18.5 Å². The van der Waals surface area contributed by atoms with Crippen LogP contribution in [0.3, 0.4) is 0 Å². The molecule has 9 heteroatoms. The predicted molar refractivity (Wildman–Crippen MR) is 93.3 cm³/mol. The summed E-state index contributed by atoms with van der Waals surface area (Å²) in [6.45, 7) is 0.456. The molecular formula is C17H17N5O4. The molecule has 2 heterocycles. The Hall–Kier alpha value is -3.54. The van der Waals surface area contributed by atoms with E-state index in [2.05, 4.69) is 4.98 Å². The van der Waals surface area contributed by atoms with E-state index in [0.29, 0.717) is 11.3 Å². The topological polar surface area (TPSA) is 104 Å². The van der Waals surface area contributed by atoms with Crippen molar-refractivity contribution in [3.8, 4) is 17.8 Å². The highest BCUT2D eigenvalue weighted by atomic mass is 16.5. The summed E-state index contributed by atoms with van der Waals surface area (Å²) in [6.07, 6.45) is 0. The lowest BCUT2D eigenvalue weighted by Crippen LogP contribution is -2.37. The molecule has 0 unspecified atom stereocenters. The molecule has 0 N–H and O–H groups in total. The van der Waals surface area contributed by atoms with Gasteiger partial charge in [-0.25, -0.2) is 4.79 Å². The first kappa shape index (κ1) is 17.3. The average molecular weight is 355 g/mol. The Labute approximate surface area is 148 Å². The number of nitriles is 1. The SMILES string of the molecule is Cn1c(=O)c2c(nc(OCCOc3ccc(C#N)cc3)n2C)n(C)c1=O. The minimum absolute atomic E-state index is 0.200. The third-order valence-electron chi connectivity index (χ3n) is 4.00. The Balaban J connectivity index is 1.73. The van der Waals surface area contributed by atoms with Crippen LogP contribution in [-0.2, 0) is 21.1 Å². The monoisotopic (exact) mass is 355 g/mol. The fourth-order valence-corrected chi connectivity index (χ4v) is 2.55. The van der Waals surface area contributed by atoms with E-state index in [-0.39, 0.29) is 30.4 Å². The normalized spacial score (nSPS) is 10.7. The Morgan fingerprint density at radius 2 is 1.65 bits per heavy atom. The lowest BCUT2D eigenvalue weighted by Gasteiger charge is -2.07. The summed E-state index contributed by atoms with van der Waals surface area (Å²) >= 11 is 0. The van der Waals surface area contributed by atoms with E-state index >= 15 is 0 Å². The van der Waals surface area contributed by atoms with Crippen LogP contribution in [0.15, 0.2) is 33.9 Å². The molecule has 0 spiro atoms. The van der Waals surface area contributed by atoms with Crippen molar-refractivity contribution in [2.75, 3.05) is 13.2 Å². The molecule has 0 aliphatic rings. The number of imidazole rings is 1. The highest BCUT2D eigenvalue weighted by Gasteiger charge is 2.17. The molecule has 2 aromatic heterocycles. The molecule has 0 radical (unpaired) electrons. The van der Waals surface area contributed by atoms with Crippen molar-refractivity contribution in [3.05, 3.63) is 50.7 Å². The van der Waals surface area contributed by atoms with E-state index in [1.807, 2.05) is 6.07 Å². The standard InChI is InChI=1S/C17H17N5O4/c1-20-13-14(21(2)17(24)22(3)15(13)23)19-16(20)26-9-8-25-12-6-4-11(10-18)5-7-12/h4-7H,8-9H2,1-3H3. The van der Waals surface area contributed by atoms with Crippen molar-refractivity contribution in [2.24, 2.45) is 21.1 Å². The smallest absolute Gasteiger partial charge is 0.332 e. The molecule has 0 saturated carbocycles. The summed E-state index contributed by atoms with van der Waals surface area (Å²) in [6, 6.07) is 8.99. The third kappa shape index (κ3) is 2.93. The molecule has 0 aliphatic carbocycles. The van der Waals surface area contributed by atoms with Gasteiger partial charge in [-0.05, 0) is 24.3 Å². The number of fused-ring (bicyclic) bond motifs is 1. The Morgan fingerprint density at radius 1 is 1.00 bits per heavy atom. The second-order valence-corrected chi connectivity index (χ2v) is 5.66. The maximum absolute atomic E-state index is 12.3. The van der Waals surface area contributed by atoms with Crippen LogP contribution in [0, 0.1) is 11.3 Å². The van der Waals surface area contributed by atoms with Crippen LogP contribution in [0.2, 0.25) is 0 Å². The molecule has 3 aromatic rings. The molecule has 0 fully saturated rings. The summed E-state index contributed by atoms with van der Waals surface area (Å²) in [4.78, 5) is 28.5. The molecule has 134 valence electrons. The van der Waals surface area contributed by atoms with E-state index in [4.69, 9.17) is 14.7 Å². The second kappa shape index (κ2) is 6.76. The van der Waals surface area contributed by atoms with Crippen LogP contribution < -0.4 is 20.7 Å². The predicted octanol–water partition coefficient (Wildman–Crippen LogP) is 0.300. The van der Waals surface area contributed by atoms with Gasteiger partial charge < -0.3 is 9.47 Å². The quantitative estimate of drug-likeness (QED) is 0.610. The molecule has 9 nitrogen and oxygen atoms in total. The number of rotatable bonds is 5. The fraction of sp³-hybridized carbons (Fsp3) is 0.294. The third-order valence-corrected chi connectivity index (χ3v) is 4.00. The summed E-state index contributed by atoms with van der Waals surface area (Å²) in [7, 11) is 4.62. The molecule has 1 aromatic carbocycles. The van der Waals surface area contributed by atoms with E-state index in [9.17, 15) is 9.59 Å². The van der Waals surface area contributed by atoms with E-state index in [1.165, 1.54) is 16.2 Å². The highest BCUT2D eigenvalue weighted by molar-refractivity contribution is 5.71. The van der Waals surface area contributed by atoms with Crippen LogP contribution in [0.1, 0.15) is 5.56 Å². The number of aromatic nitrogens is 4. The van der Waals surface area contributed by atoms with Gasteiger partial charge in [-0.15, -0.1) is 0 Å². The van der Waals surface area contributed by atoms with E-state index < -0.39 is 11.2 Å². The van der Waals surface area contributed by atoms with Crippen molar-refractivity contribution in [1.29, 1.82) is 5.26 Å². The summed E-state index contributed by atoms with van der Waals surface area (Å²) < 4.78 is 15.0. The van der Waals surface area contributed by atoms with Gasteiger partial charge in [0.05, 0.1) is 11.6 Å². The number of aryl methyl sites for hydroxylation is 2. The van der Waals surface area contributed by atoms with Gasteiger partial charge in [0.1, 0.15) is 19.0 Å². The second-order valence-electron chi connectivity index (χ2n) is 5.66. The van der Waals surface area contributed by atoms with E-state index in [1.54, 1.807) is 38.4 Å². The first-order valence-electron chi connectivity index (χ1n) is 7.82. The van der Waals surface area contributed by atoms with Crippen molar-refractivity contribution in [3.63, 3.8) is 0 Å². The molecule has 0 saturated heterocycles. The Morgan fingerprint density at radius 3 is 2.31 bits per heavy atom. The fourth-order valence-electron chi connectivity index (χ4n) is 2.55. The first-order valence-corrected chi connectivity index (χ1v) is 7.82. The maximum Gasteiger partial charge on any atom is 0.332 e. The molecular weight excluding hydrogens is 338 g/mol. The van der Waals surface area contributed by atoms with Crippen LogP contribution in [-0.4, -0.2) is 31.9 Å². The summed E-state index contributed by atoms with van der Waals surface area (Å²) in [5.74, 6) is 0.619. The summed E-state index contributed by atoms with van der Waals surface area (Å²) in [5.41, 5.74) is 0.236. The zero-order chi connectivity index (χ0) is 18.8. The summed E-state index contributed by atoms with van der Waals surface area (Å²) in [5, 5.41) is 8.76. The zero-order valence-corrected chi connectivity index (χ0v) is 14.6. The van der Waals surface area contributed by atoms with Gasteiger partial charge in [-0.2, -0.15) is 10.2 Å². The number of benzene rings is 1. The lowest BCUT2D eigenvalue weighted by molar-refractivity contribution is 0.203. The minimum Gasteiger partial charge on any atom is -0.490 e. The highest BCUT2D eigenvalue weighted by Crippen LogP contribution is 2.15. The van der Waals surface area contributed by atoms with Crippen LogP contribution in [0.25, 0.3) is 11.2 Å². The van der Waals surface area contributed by atoms with Crippen LogP contribution in [0.4, 0.5) is 0 Å². The van der Waals surface area contributed by atoms with Gasteiger partial charge in [-0.1, -0.05) is 0 Å². The number of ether oxygens (including phenoxy) is 2. The van der Waals surface area contributed by atoms with Crippen molar-refractivity contribution >= 4 is 11.2 Å². The number of hydrogen-bond acceptors (Lipinski definition) is 6. The molecule has 3 rings (SSSR count). The number of hydrogen-bond donors (Lipinski definition) is 0. The Bertz CT molecular complexity index is 1120. The van der Waals surface area contributed by atoms with Crippen molar-refractivity contribution < 1.29 is 9.47 Å². The van der Waals surface area contributed by atoms with Gasteiger partial charge in [0, 0.05) is 21.1 Å². The van der Waals surface area contributed by atoms with E-state index in [0.717, 1.165) is 4.57 Å². The average Bonchev–Trinajstić information content (AvgIpc) is 2.99. The lowest BCUT2D eigenvalue weighted by atomic mass is 10.2. The molecule has 0 aliphatic heterocycles. The molecule has 0 amide bonds. The minimum atomic E-state index is -0.448. The van der Waals surface area contributed by atoms with Crippen LogP contribution in [0.5, 0.6) is 11.8 Å².